The van der Waals surface area contributed by atoms with Gasteiger partial charge in [0, 0.05) is 11.1 Å². The van der Waals surface area contributed by atoms with Crippen LogP contribution in [0.2, 0.25) is 0 Å². The normalized spacial score (nSPS) is 10.8. The zero-order valence-corrected chi connectivity index (χ0v) is 17.1. The highest BCUT2D eigenvalue weighted by atomic mass is 32.1. The number of ether oxygens (including phenoxy) is 1. The number of hydrogen-bond acceptors (Lipinski definition) is 4. The van der Waals surface area contributed by atoms with Crippen molar-refractivity contribution < 1.29 is 22.7 Å². The van der Waals surface area contributed by atoms with Crippen LogP contribution in [0.3, 0.4) is 0 Å². The molecule has 2 aromatic carbocycles. The molecule has 0 aliphatic carbocycles. The lowest BCUT2D eigenvalue weighted by molar-refractivity contribution is -0.137. The standard InChI is InChI=1S/C21H17F3N4O2S/c1-30-17-9-7-15(8-10-17)19-26-27-20(31)28(19)13-18(29)25-11-3-5-14-4-2-6-16(12-14)21(22,23)24/h2,4,6-10,12H,11,13H2,1H3,(H,25,29)(H,27,31). The fourth-order valence-electron chi connectivity index (χ4n) is 2.69. The van der Waals surface area contributed by atoms with Gasteiger partial charge in [0.25, 0.3) is 0 Å². The molecule has 0 atom stereocenters. The molecule has 0 aliphatic heterocycles. The number of amides is 1. The highest BCUT2D eigenvalue weighted by Gasteiger charge is 2.30. The maximum atomic E-state index is 12.7. The molecule has 0 saturated carbocycles. The highest BCUT2D eigenvalue weighted by molar-refractivity contribution is 7.71. The first-order chi connectivity index (χ1) is 14.8. The third-order valence-corrected chi connectivity index (χ3v) is 4.52. The van der Waals surface area contributed by atoms with Crippen LogP contribution >= 0.6 is 12.2 Å². The lowest BCUT2D eigenvalue weighted by atomic mass is 10.1. The zero-order chi connectivity index (χ0) is 22.4. The summed E-state index contributed by atoms with van der Waals surface area (Å²) in [6.45, 7) is -0.125. The smallest absolute Gasteiger partial charge is 0.416 e. The first kappa shape index (κ1) is 22.1. The van der Waals surface area contributed by atoms with Gasteiger partial charge in [0.05, 0.1) is 19.2 Å². The van der Waals surface area contributed by atoms with Crippen molar-refractivity contribution in [1.29, 1.82) is 0 Å². The fraction of sp³-hybridized carbons (Fsp3) is 0.190. The van der Waals surface area contributed by atoms with E-state index in [1.54, 1.807) is 31.4 Å². The molecule has 6 nitrogen and oxygen atoms in total. The Kier molecular flexibility index (Phi) is 6.77. The number of nitrogens with one attached hydrogen (secondary N) is 2. The van der Waals surface area contributed by atoms with Crippen molar-refractivity contribution in [1.82, 2.24) is 20.1 Å². The highest BCUT2D eigenvalue weighted by Crippen LogP contribution is 2.29. The van der Waals surface area contributed by atoms with E-state index in [1.807, 2.05) is 0 Å². The van der Waals surface area contributed by atoms with Crippen molar-refractivity contribution in [3.8, 4) is 29.0 Å². The van der Waals surface area contributed by atoms with Crippen molar-refractivity contribution in [3.05, 3.63) is 64.4 Å². The van der Waals surface area contributed by atoms with Gasteiger partial charge in [0.2, 0.25) is 5.91 Å². The van der Waals surface area contributed by atoms with Crippen LogP contribution in [0.5, 0.6) is 5.75 Å². The summed E-state index contributed by atoms with van der Waals surface area (Å²) < 4.78 is 45.2. The Labute approximate surface area is 181 Å². The van der Waals surface area contributed by atoms with Crippen molar-refractivity contribution in [3.63, 3.8) is 0 Å². The lowest BCUT2D eigenvalue weighted by Gasteiger charge is -2.07. The molecule has 10 heteroatoms. The number of alkyl halides is 3. The van der Waals surface area contributed by atoms with Gasteiger partial charge in [-0.1, -0.05) is 17.9 Å². The molecule has 160 valence electrons. The van der Waals surface area contributed by atoms with Gasteiger partial charge in [-0.15, -0.1) is 0 Å². The van der Waals surface area contributed by atoms with Gasteiger partial charge in [0.15, 0.2) is 10.6 Å². The van der Waals surface area contributed by atoms with E-state index in [0.717, 1.165) is 17.7 Å². The van der Waals surface area contributed by atoms with Gasteiger partial charge in [-0.2, -0.15) is 18.3 Å². The Balaban J connectivity index is 1.63. The van der Waals surface area contributed by atoms with Gasteiger partial charge in [-0.25, -0.2) is 0 Å². The monoisotopic (exact) mass is 446 g/mol. The van der Waals surface area contributed by atoms with E-state index in [0.29, 0.717) is 11.6 Å². The van der Waals surface area contributed by atoms with Gasteiger partial charge >= 0.3 is 6.18 Å². The Morgan fingerprint density at radius 2 is 2.00 bits per heavy atom. The summed E-state index contributed by atoms with van der Waals surface area (Å²) in [6, 6.07) is 11.8. The van der Waals surface area contributed by atoms with Crippen molar-refractivity contribution in [2.24, 2.45) is 0 Å². The summed E-state index contributed by atoms with van der Waals surface area (Å²) in [4.78, 5) is 12.3. The summed E-state index contributed by atoms with van der Waals surface area (Å²) in [7, 11) is 1.56. The second-order valence-electron chi connectivity index (χ2n) is 6.32. The van der Waals surface area contributed by atoms with Crippen LogP contribution in [0.15, 0.2) is 48.5 Å². The van der Waals surface area contributed by atoms with E-state index < -0.39 is 11.7 Å². The van der Waals surface area contributed by atoms with Crippen LogP contribution in [-0.2, 0) is 17.5 Å². The zero-order valence-electron chi connectivity index (χ0n) is 16.3. The minimum absolute atomic E-state index is 0.0296. The minimum atomic E-state index is -4.43. The molecule has 3 aromatic rings. The number of aromatic nitrogens is 3. The first-order valence-corrected chi connectivity index (χ1v) is 9.41. The van der Waals surface area contributed by atoms with E-state index in [2.05, 4.69) is 27.4 Å². The SMILES string of the molecule is COc1ccc(-c2n[nH]c(=S)n2CC(=O)NCC#Cc2cccc(C(F)(F)F)c2)cc1. The summed E-state index contributed by atoms with van der Waals surface area (Å²) in [5.74, 6) is 6.05. The second kappa shape index (κ2) is 9.49. The predicted octanol–water partition coefficient (Wildman–Crippen LogP) is 3.80. The molecule has 0 unspecified atom stereocenters. The number of benzene rings is 2. The number of H-pyrrole nitrogens is 1. The number of hydrogen-bond donors (Lipinski definition) is 2. The number of carbonyl (C=O) groups is 1. The van der Waals surface area contributed by atoms with Crippen LogP contribution in [-0.4, -0.2) is 34.3 Å². The second-order valence-corrected chi connectivity index (χ2v) is 6.71. The Hall–Kier alpha value is -3.58. The Morgan fingerprint density at radius 1 is 1.26 bits per heavy atom. The first-order valence-electron chi connectivity index (χ1n) is 9.00. The largest absolute Gasteiger partial charge is 0.497 e. The van der Waals surface area contributed by atoms with Crippen LogP contribution in [0, 0.1) is 16.6 Å². The fourth-order valence-corrected chi connectivity index (χ4v) is 2.88. The third-order valence-electron chi connectivity index (χ3n) is 4.20. The molecule has 0 saturated heterocycles. The summed E-state index contributed by atoms with van der Waals surface area (Å²) in [5, 5.41) is 9.42. The maximum absolute atomic E-state index is 12.7. The Bertz CT molecular complexity index is 1190. The molecule has 31 heavy (non-hydrogen) atoms. The van der Waals surface area contributed by atoms with Crippen molar-refractivity contribution >= 4 is 18.1 Å². The number of carbonyl (C=O) groups excluding carboxylic acids is 1. The third kappa shape index (κ3) is 5.73. The van der Waals surface area contributed by atoms with Crippen molar-refractivity contribution in [2.75, 3.05) is 13.7 Å². The predicted molar refractivity (Wildman–Crippen MR) is 111 cm³/mol. The summed E-state index contributed by atoms with van der Waals surface area (Å²) >= 11 is 5.20. The van der Waals surface area contributed by atoms with Crippen molar-refractivity contribution in [2.45, 2.75) is 12.7 Å². The summed E-state index contributed by atoms with van der Waals surface area (Å²) in [5.41, 5.74) is 0.178. The van der Waals surface area contributed by atoms with Gasteiger partial charge < -0.3 is 10.1 Å². The van der Waals surface area contributed by atoms with E-state index in [4.69, 9.17) is 17.0 Å². The molecule has 0 aliphatic rings. The van der Waals surface area contributed by atoms with E-state index >= 15 is 0 Å². The average Bonchev–Trinajstić information content (AvgIpc) is 3.11. The minimum Gasteiger partial charge on any atom is -0.497 e. The molecule has 1 aromatic heterocycles. The molecule has 0 fully saturated rings. The van der Waals surface area contributed by atoms with Crippen LogP contribution in [0.1, 0.15) is 11.1 Å². The van der Waals surface area contributed by atoms with E-state index in [1.165, 1.54) is 16.7 Å². The van der Waals surface area contributed by atoms with Gasteiger partial charge in [-0.05, 0) is 54.7 Å². The number of methoxy groups -OCH3 is 1. The molecule has 0 radical (unpaired) electrons. The molecule has 1 heterocycles. The molecule has 3 rings (SSSR count). The molecule has 0 spiro atoms. The topological polar surface area (TPSA) is 71.9 Å². The van der Waals surface area contributed by atoms with Crippen LogP contribution in [0.4, 0.5) is 13.2 Å². The summed E-state index contributed by atoms with van der Waals surface area (Å²) in [6.07, 6.45) is -4.43. The molecule has 2 N–H and O–H groups in total. The molecule has 0 bridgehead atoms. The number of halogens is 3. The quantitative estimate of drug-likeness (QED) is 0.462. The maximum Gasteiger partial charge on any atom is 0.416 e. The van der Waals surface area contributed by atoms with Crippen LogP contribution in [0.25, 0.3) is 11.4 Å². The number of aromatic amines is 1. The molecular weight excluding hydrogens is 429 g/mol. The lowest BCUT2D eigenvalue weighted by Crippen LogP contribution is -2.28. The van der Waals surface area contributed by atoms with E-state index in [-0.39, 0.29) is 29.3 Å². The van der Waals surface area contributed by atoms with E-state index in [9.17, 15) is 18.0 Å². The van der Waals surface area contributed by atoms with Crippen LogP contribution < -0.4 is 10.1 Å². The Morgan fingerprint density at radius 3 is 2.68 bits per heavy atom. The van der Waals surface area contributed by atoms with Gasteiger partial charge in [-0.3, -0.25) is 14.5 Å². The van der Waals surface area contributed by atoms with Gasteiger partial charge in [0.1, 0.15) is 12.3 Å². The number of rotatable bonds is 5. The molecular formula is C21H17F3N4O2S. The average molecular weight is 446 g/mol. The number of nitrogens with zero attached hydrogens (tertiary/aromatic N) is 2. The molecule has 1 amide bonds.